The van der Waals surface area contributed by atoms with Gasteiger partial charge in [-0.05, 0) is 25.3 Å². The summed E-state index contributed by atoms with van der Waals surface area (Å²) in [6.07, 6.45) is 2.05. The van der Waals surface area contributed by atoms with Crippen molar-refractivity contribution in [1.82, 2.24) is 5.32 Å². The molecule has 0 radical (unpaired) electrons. The molecule has 0 spiro atoms. The van der Waals surface area contributed by atoms with Crippen LogP contribution in [0.3, 0.4) is 0 Å². The number of aliphatic hydroxyl groups is 1. The van der Waals surface area contributed by atoms with Gasteiger partial charge >= 0.3 is 0 Å². The molecule has 2 nitrogen and oxygen atoms in total. The molecule has 0 heterocycles. The summed E-state index contributed by atoms with van der Waals surface area (Å²) >= 11 is 0. The van der Waals surface area contributed by atoms with Gasteiger partial charge in [0.05, 0.1) is 0 Å². The fourth-order valence-electron chi connectivity index (χ4n) is 1.96. The zero-order valence-corrected chi connectivity index (χ0v) is 12.2. The van der Waals surface area contributed by atoms with Gasteiger partial charge in [-0.15, -0.1) is 0 Å². The summed E-state index contributed by atoms with van der Waals surface area (Å²) in [7, 11) is 0. The molecule has 1 aromatic rings. The maximum Gasteiger partial charge on any atom is 0.0496 e. The highest BCUT2D eigenvalue weighted by Crippen LogP contribution is 2.22. The second kappa shape index (κ2) is 6.91. The highest BCUT2D eigenvalue weighted by atomic mass is 16.3. The van der Waals surface area contributed by atoms with E-state index in [4.69, 9.17) is 0 Å². The number of aryl methyl sites for hydroxylation is 1. The van der Waals surface area contributed by atoms with E-state index in [0.717, 1.165) is 19.4 Å². The zero-order chi connectivity index (χ0) is 13.6. The van der Waals surface area contributed by atoms with Gasteiger partial charge in [-0.3, -0.25) is 0 Å². The molecule has 2 unspecified atom stereocenters. The number of benzene rings is 1. The summed E-state index contributed by atoms with van der Waals surface area (Å²) in [5.41, 5.74) is 2.61. The molecule has 102 valence electrons. The highest BCUT2D eigenvalue weighted by Gasteiger charge is 2.22. The van der Waals surface area contributed by atoms with Crippen LogP contribution in [0.2, 0.25) is 0 Å². The monoisotopic (exact) mass is 249 g/mol. The van der Waals surface area contributed by atoms with E-state index < -0.39 is 0 Å². The van der Waals surface area contributed by atoms with Crippen LogP contribution in [0.1, 0.15) is 50.8 Å². The summed E-state index contributed by atoms with van der Waals surface area (Å²) in [6.45, 7) is 9.65. The minimum absolute atomic E-state index is 0.0158. The van der Waals surface area contributed by atoms with E-state index in [1.54, 1.807) is 0 Å². The highest BCUT2D eigenvalue weighted by molar-refractivity contribution is 5.24. The molecule has 0 saturated carbocycles. The van der Waals surface area contributed by atoms with Gasteiger partial charge in [-0.2, -0.15) is 0 Å². The quantitative estimate of drug-likeness (QED) is 0.776. The van der Waals surface area contributed by atoms with Gasteiger partial charge in [0.1, 0.15) is 0 Å². The molecule has 0 bridgehead atoms. The lowest BCUT2D eigenvalue weighted by Crippen LogP contribution is -2.36. The predicted molar refractivity (Wildman–Crippen MR) is 77.7 cm³/mol. The van der Waals surface area contributed by atoms with Crippen LogP contribution in [-0.2, 0) is 0 Å². The Kier molecular flexibility index (Phi) is 5.83. The normalized spacial score (nSPS) is 16.3. The molecule has 2 N–H and O–H groups in total. The van der Waals surface area contributed by atoms with E-state index in [1.165, 1.54) is 11.1 Å². The molecular formula is C16H27NO. The number of hydrogen-bond donors (Lipinski definition) is 2. The Bertz CT molecular complexity index is 341. The average molecular weight is 249 g/mol. The van der Waals surface area contributed by atoms with Crippen molar-refractivity contribution in [2.45, 2.75) is 46.6 Å². The van der Waals surface area contributed by atoms with Gasteiger partial charge in [0.15, 0.2) is 0 Å². The van der Waals surface area contributed by atoms with E-state index >= 15 is 0 Å². The van der Waals surface area contributed by atoms with E-state index in [0.29, 0.717) is 6.04 Å². The van der Waals surface area contributed by atoms with E-state index in [2.05, 4.69) is 57.3 Å². The molecule has 2 heteroatoms. The van der Waals surface area contributed by atoms with Gasteiger partial charge in [0, 0.05) is 24.6 Å². The van der Waals surface area contributed by atoms with Crippen molar-refractivity contribution >= 4 is 0 Å². The molecule has 18 heavy (non-hydrogen) atoms. The van der Waals surface area contributed by atoms with Crippen LogP contribution in [0, 0.1) is 12.3 Å². The van der Waals surface area contributed by atoms with Crippen molar-refractivity contribution in [1.29, 1.82) is 0 Å². The topological polar surface area (TPSA) is 32.3 Å². The molecule has 1 aromatic carbocycles. The molecule has 0 amide bonds. The fraction of sp³-hybridized carbons (Fsp3) is 0.625. The Hall–Kier alpha value is -0.860. The van der Waals surface area contributed by atoms with Crippen molar-refractivity contribution in [3.05, 3.63) is 35.4 Å². The number of aliphatic hydroxyl groups excluding tert-OH is 1. The summed E-state index contributed by atoms with van der Waals surface area (Å²) in [4.78, 5) is 0. The fourth-order valence-corrected chi connectivity index (χ4v) is 1.96. The summed E-state index contributed by atoms with van der Waals surface area (Å²) in [5, 5.41) is 13.0. The van der Waals surface area contributed by atoms with Crippen molar-refractivity contribution in [2.75, 3.05) is 13.2 Å². The zero-order valence-electron chi connectivity index (χ0n) is 12.2. The Morgan fingerprint density at radius 1 is 1.22 bits per heavy atom. The first kappa shape index (κ1) is 15.2. The number of hydrogen-bond acceptors (Lipinski definition) is 2. The third kappa shape index (κ3) is 4.11. The van der Waals surface area contributed by atoms with Crippen LogP contribution in [0.25, 0.3) is 0 Å². The van der Waals surface area contributed by atoms with Crippen molar-refractivity contribution in [3.63, 3.8) is 0 Å². The number of rotatable bonds is 7. The van der Waals surface area contributed by atoms with Gasteiger partial charge in [0.2, 0.25) is 0 Å². The summed E-state index contributed by atoms with van der Waals surface area (Å²) in [5.74, 6) is 0. The molecule has 0 fully saturated rings. The Morgan fingerprint density at radius 2 is 1.83 bits per heavy atom. The first-order valence-corrected chi connectivity index (χ1v) is 6.95. The van der Waals surface area contributed by atoms with Gasteiger partial charge in [0.25, 0.3) is 0 Å². The first-order valence-electron chi connectivity index (χ1n) is 6.95. The Balaban J connectivity index is 2.65. The van der Waals surface area contributed by atoms with Gasteiger partial charge in [-0.1, -0.05) is 50.6 Å². The minimum Gasteiger partial charge on any atom is -0.396 e. The third-order valence-corrected chi connectivity index (χ3v) is 3.90. The number of nitrogens with one attached hydrogen (secondary N) is 1. The van der Waals surface area contributed by atoms with E-state index in [9.17, 15) is 5.11 Å². The second-order valence-corrected chi connectivity index (χ2v) is 5.57. The van der Waals surface area contributed by atoms with Crippen LogP contribution in [0.4, 0.5) is 0 Å². The summed E-state index contributed by atoms with van der Waals surface area (Å²) in [6, 6.07) is 9.08. The van der Waals surface area contributed by atoms with E-state index in [1.807, 2.05) is 0 Å². The van der Waals surface area contributed by atoms with Crippen LogP contribution >= 0.6 is 0 Å². The van der Waals surface area contributed by atoms with Gasteiger partial charge < -0.3 is 10.4 Å². The molecule has 0 saturated heterocycles. The average Bonchev–Trinajstić information content (AvgIpc) is 2.41. The lowest BCUT2D eigenvalue weighted by atomic mass is 9.88. The minimum atomic E-state index is -0.0158. The molecule has 2 atom stereocenters. The molecule has 0 aliphatic carbocycles. The maximum absolute atomic E-state index is 9.44. The lowest BCUT2D eigenvalue weighted by Gasteiger charge is -2.29. The van der Waals surface area contributed by atoms with Crippen molar-refractivity contribution < 1.29 is 5.11 Å². The SMILES string of the molecule is CCC(NCC(C)(CC)CO)c1ccc(C)cc1. The first-order chi connectivity index (χ1) is 8.54. The second-order valence-electron chi connectivity index (χ2n) is 5.57. The molecule has 0 aliphatic rings. The molecule has 1 rings (SSSR count). The molecule has 0 aromatic heterocycles. The van der Waals surface area contributed by atoms with Crippen LogP contribution in [0.5, 0.6) is 0 Å². The van der Waals surface area contributed by atoms with Crippen LogP contribution in [0.15, 0.2) is 24.3 Å². The Labute approximate surface area is 111 Å². The summed E-state index contributed by atoms with van der Waals surface area (Å²) < 4.78 is 0. The smallest absolute Gasteiger partial charge is 0.0496 e. The molecular weight excluding hydrogens is 222 g/mol. The van der Waals surface area contributed by atoms with Crippen molar-refractivity contribution in [2.24, 2.45) is 5.41 Å². The third-order valence-electron chi connectivity index (χ3n) is 3.90. The standard InChI is InChI=1S/C16H27NO/c1-5-15(14-9-7-13(3)8-10-14)17-11-16(4,6-2)12-18/h7-10,15,17-18H,5-6,11-12H2,1-4H3. The largest absolute Gasteiger partial charge is 0.396 e. The van der Waals surface area contributed by atoms with Crippen molar-refractivity contribution in [3.8, 4) is 0 Å². The van der Waals surface area contributed by atoms with E-state index in [-0.39, 0.29) is 12.0 Å². The maximum atomic E-state index is 9.44. The van der Waals surface area contributed by atoms with Crippen LogP contribution in [-0.4, -0.2) is 18.3 Å². The van der Waals surface area contributed by atoms with Gasteiger partial charge in [-0.25, -0.2) is 0 Å². The van der Waals surface area contributed by atoms with Crippen LogP contribution < -0.4 is 5.32 Å². The lowest BCUT2D eigenvalue weighted by molar-refractivity contribution is 0.131. The predicted octanol–water partition coefficient (Wildman–Crippen LogP) is 3.44. The Morgan fingerprint density at radius 3 is 2.28 bits per heavy atom. The molecule has 0 aliphatic heterocycles.